The van der Waals surface area contributed by atoms with Crippen LogP contribution in [-0.4, -0.2) is 46.9 Å². The number of nitrogens with zero attached hydrogens (tertiary/aromatic N) is 4. The van der Waals surface area contributed by atoms with Gasteiger partial charge in [-0.15, -0.1) is 0 Å². The van der Waals surface area contributed by atoms with Crippen LogP contribution in [0, 0.1) is 0 Å². The molecule has 1 aliphatic heterocycles. The van der Waals surface area contributed by atoms with Crippen LogP contribution in [0.15, 0.2) is 28.8 Å². The van der Waals surface area contributed by atoms with Crippen LogP contribution in [-0.2, 0) is 6.54 Å². The van der Waals surface area contributed by atoms with Gasteiger partial charge in [-0.1, -0.05) is 17.3 Å². The van der Waals surface area contributed by atoms with Crippen molar-refractivity contribution in [2.75, 3.05) is 25.5 Å². The molecule has 1 saturated carbocycles. The normalized spacial score (nSPS) is 24.5. The maximum Gasteiger partial charge on any atom is 0.244 e. The van der Waals surface area contributed by atoms with Crippen LogP contribution in [0.2, 0.25) is 0 Å². The second kappa shape index (κ2) is 6.18. The molecule has 1 N–H and O–H groups in total. The van der Waals surface area contributed by atoms with Crippen molar-refractivity contribution in [1.82, 2.24) is 15.0 Å². The number of aromatic nitrogens is 2. The lowest BCUT2D eigenvalue weighted by Crippen LogP contribution is -2.24. The smallest absolute Gasteiger partial charge is 0.244 e. The number of likely N-dealkylation sites (tertiary alicyclic amines) is 1. The van der Waals surface area contributed by atoms with Crippen molar-refractivity contribution in [2.24, 2.45) is 0 Å². The minimum atomic E-state index is -0.340. The van der Waals surface area contributed by atoms with Crippen LogP contribution in [0.5, 0.6) is 0 Å². The predicted octanol–water partition coefficient (Wildman–Crippen LogP) is 2.32. The number of hydrogen-bond acceptors (Lipinski definition) is 6. The van der Waals surface area contributed by atoms with Crippen molar-refractivity contribution < 1.29 is 9.63 Å². The summed E-state index contributed by atoms with van der Waals surface area (Å²) in [6.07, 6.45) is 2.64. The topological polar surface area (TPSA) is 65.6 Å². The lowest BCUT2D eigenvalue weighted by Gasteiger charge is -2.21. The molecule has 1 aliphatic carbocycles. The van der Waals surface area contributed by atoms with Crippen molar-refractivity contribution in [3.63, 3.8) is 0 Å². The largest absolute Gasteiger partial charge is 0.392 e. The highest BCUT2D eigenvalue weighted by Crippen LogP contribution is 2.40. The summed E-state index contributed by atoms with van der Waals surface area (Å²) in [5.41, 5.74) is 2.41. The van der Waals surface area contributed by atoms with Gasteiger partial charge in [0.25, 0.3) is 0 Å². The van der Waals surface area contributed by atoms with E-state index in [2.05, 4.69) is 44.2 Å². The van der Waals surface area contributed by atoms with Gasteiger partial charge in [0.15, 0.2) is 5.82 Å². The van der Waals surface area contributed by atoms with Crippen molar-refractivity contribution in [3.8, 4) is 0 Å². The average molecular weight is 328 g/mol. The number of aliphatic hydroxyl groups excluding tert-OH is 1. The minimum Gasteiger partial charge on any atom is -0.392 e. The molecule has 2 aromatic rings. The summed E-state index contributed by atoms with van der Waals surface area (Å²) in [6, 6.07) is 8.53. The number of β-amino-alcohol motifs (C(OH)–C–C–N with tert-alkyl or cyclic N) is 1. The molecule has 0 spiro atoms. The Balaban J connectivity index is 1.49. The summed E-state index contributed by atoms with van der Waals surface area (Å²) < 4.78 is 5.50. The van der Waals surface area contributed by atoms with Gasteiger partial charge < -0.3 is 14.5 Å². The van der Waals surface area contributed by atoms with E-state index in [0.29, 0.717) is 24.8 Å². The second-order valence-electron chi connectivity index (χ2n) is 7.16. The van der Waals surface area contributed by atoms with Gasteiger partial charge in [0.2, 0.25) is 5.89 Å². The Morgan fingerprint density at radius 1 is 1.25 bits per heavy atom. The van der Waals surface area contributed by atoms with Gasteiger partial charge in [0.1, 0.15) is 0 Å². The van der Waals surface area contributed by atoms with E-state index in [-0.39, 0.29) is 12.1 Å². The maximum atomic E-state index is 10.1. The quantitative estimate of drug-likeness (QED) is 0.909. The van der Waals surface area contributed by atoms with Crippen LogP contribution in [0.4, 0.5) is 5.69 Å². The lowest BCUT2D eigenvalue weighted by molar-refractivity contribution is 0.169. The molecule has 128 valence electrons. The summed E-state index contributed by atoms with van der Waals surface area (Å²) in [4.78, 5) is 8.90. The van der Waals surface area contributed by atoms with E-state index in [4.69, 9.17) is 4.52 Å². The molecule has 4 rings (SSSR count). The summed E-state index contributed by atoms with van der Waals surface area (Å²) >= 11 is 0. The fourth-order valence-corrected chi connectivity index (χ4v) is 3.33. The zero-order chi connectivity index (χ0) is 16.7. The van der Waals surface area contributed by atoms with E-state index in [1.807, 2.05) is 14.1 Å². The van der Waals surface area contributed by atoms with E-state index >= 15 is 0 Å². The number of hydrogen-bond donors (Lipinski definition) is 1. The van der Waals surface area contributed by atoms with E-state index in [9.17, 15) is 5.11 Å². The number of aliphatic hydroxyl groups is 1. The Labute approximate surface area is 142 Å². The van der Waals surface area contributed by atoms with Crippen molar-refractivity contribution in [1.29, 1.82) is 0 Å². The Hall–Kier alpha value is -1.92. The van der Waals surface area contributed by atoms with Crippen LogP contribution < -0.4 is 4.90 Å². The number of anilines is 1. The number of benzene rings is 1. The van der Waals surface area contributed by atoms with E-state index in [1.54, 1.807) is 0 Å². The molecule has 2 heterocycles. The van der Waals surface area contributed by atoms with Crippen LogP contribution >= 0.6 is 0 Å². The minimum absolute atomic E-state index is 0.00789. The van der Waals surface area contributed by atoms with E-state index in [0.717, 1.165) is 25.2 Å². The third-order valence-corrected chi connectivity index (χ3v) is 4.90. The first-order chi connectivity index (χ1) is 11.6. The molecular formula is C18H24N4O2. The van der Waals surface area contributed by atoms with Crippen LogP contribution in [0.3, 0.4) is 0 Å². The van der Waals surface area contributed by atoms with Crippen molar-refractivity contribution in [2.45, 2.75) is 43.9 Å². The van der Waals surface area contributed by atoms with Crippen LogP contribution in [0.1, 0.15) is 48.5 Å². The Kier molecular flexibility index (Phi) is 4.02. The Morgan fingerprint density at radius 3 is 2.67 bits per heavy atom. The van der Waals surface area contributed by atoms with Gasteiger partial charge in [0.05, 0.1) is 12.1 Å². The second-order valence-corrected chi connectivity index (χ2v) is 7.16. The zero-order valence-electron chi connectivity index (χ0n) is 14.2. The fourth-order valence-electron chi connectivity index (χ4n) is 3.33. The van der Waals surface area contributed by atoms with Gasteiger partial charge in [0, 0.05) is 38.8 Å². The Bertz CT molecular complexity index is 693. The van der Waals surface area contributed by atoms with Gasteiger partial charge in [-0.05, 0) is 37.0 Å². The highest BCUT2D eigenvalue weighted by atomic mass is 16.5. The first-order valence-corrected chi connectivity index (χ1v) is 8.62. The third kappa shape index (κ3) is 3.16. The molecule has 2 atom stereocenters. The Morgan fingerprint density at radius 2 is 2.00 bits per heavy atom. The predicted molar refractivity (Wildman–Crippen MR) is 90.8 cm³/mol. The lowest BCUT2D eigenvalue weighted by atomic mass is 10.1. The molecule has 24 heavy (non-hydrogen) atoms. The summed E-state index contributed by atoms with van der Waals surface area (Å²) in [5.74, 6) is 1.97. The summed E-state index contributed by atoms with van der Waals surface area (Å²) in [6.45, 7) is 1.41. The fraction of sp³-hybridized carbons (Fsp3) is 0.556. The van der Waals surface area contributed by atoms with Crippen LogP contribution in [0.25, 0.3) is 0 Å². The third-order valence-electron chi connectivity index (χ3n) is 4.90. The molecule has 0 bridgehead atoms. The average Bonchev–Trinajstić information content (AvgIpc) is 3.18. The first kappa shape index (κ1) is 15.6. The molecule has 1 saturated heterocycles. The van der Waals surface area contributed by atoms with Gasteiger partial charge in [-0.3, -0.25) is 4.90 Å². The molecule has 6 nitrogen and oxygen atoms in total. The molecule has 0 radical (unpaired) electrons. The molecule has 0 unspecified atom stereocenters. The monoisotopic (exact) mass is 328 g/mol. The molecular weight excluding hydrogens is 304 g/mol. The molecule has 1 aromatic heterocycles. The summed E-state index contributed by atoms with van der Waals surface area (Å²) in [5, 5.41) is 14.2. The molecule has 0 amide bonds. The van der Waals surface area contributed by atoms with Crippen molar-refractivity contribution in [3.05, 3.63) is 41.5 Å². The number of rotatable bonds is 5. The zero-order valence-corrected chi connectivity index (χ0v) is 14.2. The van der Waals surface area contributed by atoms with Crippen molar-refractivity contribution >= 4 is 5.69 Å². The van der Waals surface area contributed by atoms with Gasteiger partial charge in [-0.25, -0.2) is 0 Å². The first-order valence-electron chi connectivity index (χ1n) is 8.62. The summed E-state index contributed by atoms with van der Waals surface area (Å²) in [7, 11) is 4.07. The van der Waals surface area contributed by atoms with E-state index in [1.165, 1.54) is 11.3 Å². The molecule has 6 heteroatoms. The van der Waals surface area contributed by atoms with E-state index < -0.39 is 0 Å². The van der Waals surface area contributed by atoms with Gasteiger partial charge >= 0.3 is 0 Å². The molecule has 2 aliphatic rings. The molecule has 2 fully saturated rings. The maximum absolute atomic E-state index is 10.1. The highest BCUT2D eigenvalue weighted by molar-refractivity contribution is 5.46. The SMILES string of the molecule is CN(C)c1ccc(CN2C[C@H](O)C[C@H]2c2nc(C3CC3)no2)cc1. The van der Waals surface area contributed by atoms with Gasteiger partial charge in [-0.2, -0.15) is 4.98 Å². The molecule has 1 aromatic carbocycles. The standard InChI is InChI=1S/C18H24N4O2/c1-21(2)14-7-3-12(4-8-14)10-22-11-15(23)9-16(22)18-19-17(20-24-18)13-5-6-13/h3-4,7-8,13,15-16,23H,5-6,9-11H2,1-2H3/t15-,16+/m1/s1. The highest BCUT2D eigenvalue weighted by Gasteiger charge is 2.37.